The van der Waals surface area contributed by atoms with E-state index in [0.29, 0.717) is 17.8 Å². The predicted octanol–water partition coefficient (Wildman–Crippen LogP) is 3.09. The third-order valence-electron chi connectivity index (χ3n) is 4.18. The highest BCUT2D eigenvalue weighted by atomic mass is 127. The van der Waals surface area contributed by atoms with E-state index in [9.17, 15) is 0 Å². The average Bonchev–Trinajstić information content (AvgIpc) is 2.76. The van der Waals surface area contributed by atoms with Gasteiger partial charge in [-0.05, 0) is 48.3 Å². The van der Waals surface area contributed by atoms with Gasteiger partial charge in [-0.1, -0.05) is 0 Å². The highest BCUT2D eigenvalue weighted by Crippen LogP contribution is 2.57. The molecule has 0 amide bonds. The lowest BCUT2D eigenvalue weighted by molar-refractivity contribution is 0.160. The molecule has 0 N–H and O–H groups in total. The van der Waals surface area contributed by atoms with Gasteiger partial charge in [-0.3, -0.25) is 0 Å². The Bertz CT molecular complexity index is 657. The van der Waals surface area contributed by atoms with Crippen molar-refractivity contribution in [3.63, 3.8) is 0 Å². The highest BCUT2D eigenvalue weighted by molar-refractivity contribution is 14.1. The summed E-state index contributed by atoms with van der Waals surface area (Å²) in [4.78, 5) is 4.79. The van der Waals surface area contributed by atoms with Crippen LogP contribution in [0, 0.1) is 15.4 Å². The van der Waals surface area contributed by atoms with Crippen LogP contribution in [-0.2, 0) is 4.74 Å². The number of fused-ring (bicyclic) bond motifs is 2. The first-order valence-electron chi connectivity index (χ1n) is 7.06. The summed E-state index contributed by atoms with van der Waals surface area (Å²) < 4.78 is 14.5. The van der Waals surface area contributed by atoms with Gasteiger partial charge < -0.3 is 13.9 Å². The Hall–Kier alpha value is -0.820. The van der Waals surface area contributed by atoms with Crippen molar-refractivity contribution in [2.24, 2.45) is 11.8 Å². The Morgan fingerprint density at radius 1 is 1.35 bits per heavy atom. The molecule has 1 saturated carbocycles. The maximum absolute atomic E-state index is 5.83. The Morgan fingerprint density at radius 3 is 2.80 bits per heavy atom. The number of hydrogen-bond acceptors (Lipinski definition) is 3. The van der Waals surface area contributed by atoms with Crippen LogP contribution in [0.5, 0.6) is 5.75 Å². The first-order valence-corrected chi connectivity index (χ1v) is 8.14. The van der Waals surface area contributed by atoms with Crippen LogP contribution in [0.3, 0.4) is 0 Å². The second-order valence-corrected chi connectivity index (χ2v) is 7.14. The summed E-state index contributed by atoms with van der Waals surface area (Å²) in [6, 6.07) is 2.04. The number of aromatic nitrogens is 2. The van der Waals surface area contributed by atoms with Crippen LogP contribution in [0.2, 0.25) is 0 Å². The van der Waals surface area contributed by atoms with E-state index in [1.165, 1.54) is 5.69 Å². The van der Waals surface area contributed by atoms with Gasteiger partial charge in [-0.2, -0.15) is 0 Å². The monoisotopic (exact) mass is 384 g/mol. The van der Waals surface area contributed by atoms with Crippen molar-refractivity contribution < 1.29 is 9.47 Å². The van der Waals surface area contributed by atoms with Crippen molar-refractivity contribution in [3.05, 3.63) is 27.7 Å². The molecular formula is C15H17IN2O2. The van der Waals surface area contributed by atoms with Crippen molar-refractivity contribution in [2.45, 2.75) is 25.9 Å². The van der Waals surface area contributed by atoms with Crippen LogP contribution < -0.4 is 4.74 Å². The minimum atomic E-state index is 0.181. The molecule has 4 nitrogen and oxygen atoms in total. The molecule has 2 fully saturated rings. The second kappa shape index (κ2) is 4.59. The minimum Gasteiger partial charge on any atom is -0.490 e. The zero-order chi connectivity index (χ0) is 13.9. The number of pyridine rings is 1. The molecule has 2 atom stereocenters. The maximum atomic E-state index is 5.83. The molecule has 106 valence electrons. The van der Waals surface area contributed by atoms with Gasteiger partial charge in [0.1, 0.15) is 11.4 Å². The average molecular weight is 384 g/mol. The number of halogens is 1. The molecule has 0 aromatic carbocycles. The molecular weight excluding hydrogens is 367 g/mol. The molecule has 4 rings (SSSR count). The van der Waals surface area contributed by atoms with Crippen LogP contribution in [0.15, 0.2) is 18.5 Å². The molecule has 1 saturated heterocycles. The van der Waals surface area contributed by atoms with Gasteiger partial charge in [0.05, 0.1) is 28.6 Å². The van der Waals surface area contributed by atoms with E-state index in [4.69, 9.17) is 14.5 Å². The van der Waals surface area contributed by atoms with Gasteiger partial charge >= 0.3 is 0 Å². The molecule has 0 bridgehead atoms. The van der Waals surface area contributed by atoms with Crippen molar-refractivity contribution in [2.75, 3.05) is 13.2 Å². The third-order valence-corrected chi connectivity index (χ3v) is 4.99. The van der Waals surface area contributed by atoms with Crippen molar-refractivity contribution in [3.8, 4) is 5.75 Å². The number of rotatable bonds is 3. The fourth-order valence-electron chi connectivity index (χ4n) is 3.19. The normalized spacial score (nSPS) is 28.1. The van der Waals surface area contributed by atoms with Gasteiger partial charge in [0.25, 0.3) is 0 Å². The topological polar surface area (TPSA) is 35.8 Å². The van der Waals surface area contributed by atoms with Gasteiger partial charge in [0.15, 0.2) is 0 Å². The van der Waals surface area contributed by atoms with Gasteiger partial charge in [-0.15, -0.1) is 0 Å². The Morgan fingerprint density at radius 2 is 2.10 bits per heavy atom. The number of hydrogen-bond donors (Lipinski definition) is 0. The van der Waals surface area contributed by atoms with Crippen molar-refractivity contribution in [1.29, 1.82) is 0 Å². The van der Waals surface area contributed by atoms with E-state index in [0.717, 1.165) is 28.2 Å². The molecule has 1 aliphatic carbocycles. The molecule has 1 aliphatic heterocycles. The maximum Gasteiger partial charge on any atom is 0.140 e. The zero-order valence-corrected chi connectivity index (χ0v) is 13.7. The first-order chi connectivity index (χ1) is 9.63. The Balaban J connectivity index is 1.69. The number of ether oxygens (including phenoxy) is 2. The molecule has 3 heterocycles. The zero-order valence-electron chi connectivity index (χ0n) is 11.5. The summed E-state index contributed by atoms with van der Waals surface area (Å²) in [5.41, 5.74) is 2.18. The van der Waals surface area contributed by atoms with Crippen LogP contribution in [0.25, 0.3) is 5.65 Å². The van der Waals surface area contributed by atoms with Crippen LogP contribution >= 0.6 is 22.6 Å². The van der Waals surface area contributed by atoms with E-state index in [2.05, 4.69) is 39.4 Å². The lowest BCUT2D eigenvalue weighted by Crippen LogP contribution is -2.07. The predicted molar refractivity (Wildman–Crippen MR) is 84.2 cm³/mol. The summed E-state index contributed by atoms with van der Waals surface area (Å²) >= 11 is 2.32. The SMILES string of the molecule is CC(C)Oc1cc2nc(C3C4COCC43)cn2cc1I. The van der Waals surface area contributed by atoms with Crippen molar-refractivity contribution in [1.82, 2.24) is 9.38 Å². The van der Waals surface area contributed by atoms with Gasteiger partial charge in [-0.25, -0.2) is 4.98 Å². The Labute approximate surface area is 131 Å². The molecule has 0 radical (unpaired) electrons. The number of imidazole rings is 1. The largest absolute Gasteiger partial charge is 0.490 e. The summed E-state index contributed by atoms with van der Waals surface area (Å²) in [6.45, 7) is 5.90. The van der Waals surface area contributed by atoms with Crippen LogP contribution in [0.4, 0.5) is 0 Å². The molecule has 2 aromatic heterocycles. The molecule has 20 heavy (non-hydrogen) atoms. The standard InChI is InChI=1S/C15H17IN2O2/c1-8(2)20-13-3-14-17-12(5-18(14)4-11(13)16)15-9-6-19-7-10(9)15/h3-5,8-10,15H,6-7H2,1-2H3. The van der Waals surface area contributed by atoms with E-state index < -0.39 is 0 Å². The highest BCUT2D eigenvalue weighted by Gasteiger charge is 2.55. The van der Waals surface area contributed by atoms with E-state index in [1.807, 2.05) is 19.9 Å². The second-order valence-electron chi connectivity index (χ2n) is 5.97. The van der Waals surface area contributed by atoms with E-state index >= 15 is 0 Å². The summed E-state index contributed by atoms with van der Waals surface area (Å²) in [6.07, 6.45) is 4.44. The fourth-order valence-corrected chi connectivity index (χ4v) is 3.78. The molecule has 2 aromatic rings. The molecule has 0 spiro atoms. The van der Waals surface area contributed by atoms with Gasteiger partial charge in [0.2, 0.25) is 0 Å². The lowest BCUT2D eigenvalue weighted by Gasteiger charge is -2.11. The first kappa shape index (κ1) is 12.9. The quantitative estimate of drug-likeness (QED) is 0.764. The molecule has 2 unspecified atom stereocenters. The lowest BCUT2D eigenvalue weighted by atomic mass is 10.2. The number of nitrogens with zero attached hydrogens (tertiary/aromatic N) is 2. The molecule has 5 heteroatoms. The summed E-state index contributed by atoms with van der Waals surface area (Å²) in [5.74, 6) is 2.93. The van der Waals surface area contributed by atoms with Crippen LogP contribution in [0.1, 0.15) is 25.5 Å². The smallest absolute Gasteiger partial charge is 0.140 e. The molecule has 2 aliphatic rings. The van der Waals surface area contributed by atoms with E-state index in [-0.39, 0.29) is 6.10 Å². The third kappa shape index (κ3) is 2.02. The van der Waals surface area contributed by atoms with Crippen LogP contribution in [-0.4, -0.2) is 28.7 Å². The Kier molecular flexibility index (Phi) is 2.96. The van der Waals surface area contributed by atoms with Crippen molar-refractivity contribution >= 4 is 28.2 Å². The summed E-state index contributed by atoms with van der Waals surface area (Å²) in [5, 5.41) is 0. The minimum absolute atomic E-state index is 0.181. The van der Waals surface area contributed by atoms with E-state index in [1.54, 1.807) is 0 Å². The summed E-state index contributed by atoms with van der Waals surface area (Å²) in [7, 11) is 0. The van der Waals surface area contributed by atoms with Gasteiger partial charge in [0, 0.05) is 24.4 Å². The fraction of sp³-hybridized carbons (Fsp3) is 0.533.